The summed E-state index contributed by atoms with van der Waals surface area (Å²) in [5.41, 5.74) is 6.03. The maximum atomic E-state index is 8.84. The summed E-state index contributed by atoms with van der Waals surface area (Å²) < 4.78 is 25.6. The van der Waals surface area contributed by atoms with Crippen molar-refractivity contribution >= 4 is 10.8 Å². The molecule has 188 valence electrons. The SMILES string of the molecule is COc1cc2c(cc1OCCCC#N)CC[n+]1cc3c(OC)c(OC)ccc3c(Cc3ccccc3)c1-2. The van der Waals surface area contributed by atoms with Gasteiger partial charge in [-0.15, -0.1) is 0 Å². The number of nitrogens with zero attached hydrogens (tertiary/aromatic N) is 2. The van der Waals surface area contributed by atoms with Crippen molar-refractivity contribution in [3.8, 4) is 40.3 Å². The van der Waals surface area contributed by atoms with E-state index in [2.05, 4.69) is 59.3 Å². The molecule has 0 N–H and O–H groups in total. The average molecular weight is 496 g/mol. The van der Waals surface area contributed by atoms with Crippen molar-refractivity contribution in [1.82, 2.24) is 0 Å². The highest BCUT2D eigenvalue weighted by Crippen LogP contribution is 2.43. The van der Waals surface area contributed by atoms with Crippen molar-refractivity contribution in [3.05, 3.63) is 77.5 Å². The highest BCUT2D eigenvalue weighted by molar-refractivity contribution is 5.95. The summed E-state index contributed by atoms with van der Waals surface area (Å²) in [5.74, 6) is 2.89. The first-order valence-electron chi connectivity index (χ1n) is 12.5. The minimum absolute atomic E-state index is 0.474. The Bertz CT molecular complexity index is 1480. The molecule has 0 amide bonds. The molecular formula is C31H31N2O4+. The van der Waals surface area contributed by atoms with Gasteiger partial charge in [0.15, 0.2) is 35.7 Å². The minimum Gasteiger partial charge on any atom is -0.493 e. The van der Waals surface area contributed by atoms with Crippen LogP contribution < -0.4 is 23.5 Å². The van der Waals surface area contributed by atoms with Crippen LogP contribution in [0, 0.1) is 11.3 Å². The van der Waals surface area contributed by atoms with Crippen LogP contribution in [0.2, 0.25) is 0 Å². The van der Waals surface area contributed by atoms with Crippen molar-refractivity contribution in [2.24, 2.45) is 0 Å². The standard InChI is InChI=1S/C31H31N2O4/c1-34-27-12-11-23-25(17-21-9-5-4-6-10-21)30-24-19-28(35-2)29(37-16-8-7-14-32)18-22(24)13-15-33(30)20-26(23)31(27)36-3/h4-6,9-12,18-20H,7-8,13,15-17H2,1-3H3/q+1. The summed E-state index contributed by atoms with van der Waals surface area (Å²) in [6.45, 7) is 1.32. The number of hydrogen-bond donors (Lipinski definition) is 0. The lowest BCUT2D eigenvalue weighted by Gasteiger charge is -2.22. The first-order valence-corrected chi connectivity index (χ1v) is 12.5. The van der Waals surface area contributed by atoms with Gasteiger partial charge in [0, 0.05) is 30.2 Å². The lowest BCUT2D eigenvalue weighted by molar-refractivity contribution is -0.686. The van der Waals surface area contributed by atoms with Crippen molar-refractivity contribution in [2.45, 2.75) is 32.2 Å². The van der Waals surface area contributed by atoms with Gasteiger partial charge in [0.05, 0.1) is 45.0 Å². The van der Waals surface area contributed by atoms with Crippen LogP contribution in [-0.2, 0) is 19.4 Å². The van der Waals surface area contributed by atoms with Crippen LogP contribution in [0.4, 0.5) is 0 Å². The number of unbranched alkanes of at least 4 members (excludes halogenated alkanes) is 1. The number of nitriles is 1. The van der Waals surface area contributed by atoms with Crippen molar-refractivity contribution in [2.75, 3.05) is 27.9 Å². The van der Waals surface area contributed by atoms with E-state index in [-0.39, 0.29) is 0 Å². The van der Waals surface area contributed by atoms with E-state index in [1.807, 2.05) is 12.1 Å². The van der Waals surface area contributed by atoms with Crippen molar-refractivity contribution in [3.63, 3.8) is 0 Å². The Morgan fingerprint density at radius 1 is 0.892 bits per heavy atom. The fourth-order valence-corrected chi connectivity index (χ4v) is 5.21. The molecule has 0 fully saturated rings. The smallest absolute Gasteiger partial charge is 0.217 e. The quantitative estimate of drug-likeness (QED) is 0.222. The molecule has 0 saturated carbocycles. The summed E-state index contributed by atoms with van der Waals surface area (Å²) in [6, 6.07) is 21.0. The van der Waals surface area contributed by atoms with Gasteiger partial charge in [-0.1, -0.05) is 30.3 Å². The van der Waals surface area contributed by atoms with E-state index in [0.29, 0.717) is 25.2 Å². The fourth-order valence-electron chi connectivity index (χ4n) is 5.21. The molecule has 0 unspecified atom stereocenters. The zero-order valence-corrected chi connectivity index (χ0v) is 21.5. The van der Waals surface area contributed by atoms with Gasteiger partial charge in [0.2, 0.25) is 5.69 Å². The number of aryl methyl sites for hydroxylation is 2. The Morgan fingerprint density at radius 3 is 2.43 bits per heavy atom. The number of ether oxygens (including phenoxy) is 4. The Labute approximate surface area is 217 Å². The molecule has 0 bridgehead atoms. The number of rotatable bonds is 9. The van der Waals surface area contributed by atoms with E-state index in [1.54, 1.807) is 21.3 Å². The maximum Gasteiger partial charge on any atom is 0.217 e. The van der Waals surface area contributed by atoms with Crippen LogP contribution in [0.5, 0.6) is 23.0 Å². The number of methoxy groups -OCH3 is 3. The molecule has 0 spiro atoms. The van der Waals surface area contributed by atoms with Gasteiger partial charge >= 0.3 is 0 Å². The molecule has 37 heavy (non-hydrogen) atoms. The number of fused-ring (bicyclic) bond motifs is 4. The second-order valence-corrected chi connectivity index (χ2v) is 9.09. The topological polar surface area (TPSA) is 64.6 Å². The summed E-state index contributed by atoms with van der Waals surface area (Å²) >= 11 is 0. The van der Waals surface area contributed by atoms with E-state index < -0.39 is 0 Å². The van der Waals surface area contributed by atoms with Gasteiger partial charge in [-0.05, 0) is 41.8 Å². The minimum atomic E-state index is 0.474. The van der Waals surface area contributed by atoms with Gasteiger partial charge in [-0.3, -0.25) is 0 Å². The van der Waals surface area contributed by atoms with Crippen LogP contribution in [-0.4, -0.2) is 27.9 Å². The monoisotopic (exact) mass is 495 g/mol. The van der Waals surface area contributed by atoms with E-state index in [1.165, 1.54) is 22.4 Å². The molecule has 2 heterocycles. The summed E-state index contributed by atoms with van der Waals surface area (Å²) in [5, 5.41) is 11.0. The molecule has 6 heteroatoms. The fraction of sp³-hybridized carbons (Fsp3) is 0.290. The Morgan fingerprint density at radius 2 is 1.70 bits per heavy atom. The van der Waals surface area contributed by atoms with Crippen LogP contribution in [0.25, 0.3) is 22.0 Å². The Balaban J connectivity index is 1.71. The first-order chi connectivity index (χ1) is 18.2. The van der Waals surface area contributed by atoms with E-state index >= 15 is 0 Å². The van der Waals surface area contributed by atoms with E-state index in [4.69, 9.17) is 24.2 Å². The Kier molecular flexibility index (Phi) is 7.14. The van der Waals surface area contributed by atoms with E-state index in [0.717, 1.165) is 53.0 Å². The van der Waals surface area contributed by atoms with Crippen molar-refractivity contribution in [1.29, 1.82) is 5.26 Å². The molecule has 1 aliphatic heterocycles. The molecular weight excluding hydrogens is 464 g/mol. The zero-order valence-electron chi connectivity index (χ0n) is 21.5. The highest BCUT2D eigenvalue weighted by atomic mass is 16.5. The molecule has 4 aromatic rings. The summed E-state index contributed by atoms with van der Waals surface area (Å²) in [6.07, 6.45) is 4.99. The number of hydrogen-bond acceptors (Lipinski definition) is 5. The predicted octanol–water partition coefficient (Wildman–Crippen LogP) is 5.65. The van der Waals surface area contributed by atoms with Gasteiger partial charge < -0.3 is 18.9 Å². The third-order valence-corrected chi connectivity index (χ3v) is 6.95. The Hall–Kier alpha value is -4.24. The largest absolute Gasteiger partial charge is 0.493 e. The third-order valence-electron chi connectivity index (χ3n) is 6.95. The van der Waals surface area contributed by atoms with Crippen molar-refractivity contribution < 1.29 is 23.5 Å². The molecule has 6 nitrogen and oxygen atoms in total. The third kappa shape index (κ3) is 4.65. The molecule has 0 radical (unpaired) electrons. The lowest BCUT2D eigenvalue weighted by Crippen LogP contribution is -2.41. The van der Waals surface area contributed by atoms with Crippen LogP contribution >= 0.6 is 0 Å². The molecule has 3 aromatic carbocycles. The van der Waals surface area contributed by atoms with E-state index in [9.17, 15) is 0 Å². The predicted molar refractivity (Wildman–Crippen MR) is 143 cm³/mol. The second-order valence-electron chi connectivity index (χ2n) is 9.09. The number of pyridine rings is 1. The normalized spacial score (nSPS) is 11.8. The zero-order chi connectivity index (χ0) is 25.8. The van der Waals surface area contributed by atoms with Gasteiger partial charge in [0.1, 0.15) is 0 Å². The molecule has 0 atom stereocenters. The van der Waals surface area contributed by atoms with Gasteiger partial charge in [-0.25, -0.2) is 0 Å². The molecule has 0 saturated heterocycles. The van der Waals surface area contributed by atoms with Gasteiger partial charge in [-0.2, -0.15) is 9.83 Å². The average Bonchev–Trinajstić information content (AvgIpc) is 2.94. The van der Waals surface area contributed by atoms with Gasteiger partial charge in [0.25, 0.3) is 0 Å². The lowest BCUT2D eigenvalue weighted by atomic mass is 9.88. The molecule has 0 aliphatic carbocycles. The highest BCUT2D eigenvalue weighted by Gasteiger charge is 2.31. The van der Waals surface area contributed by atoms with Crippen LogP contribution in [0.3, 0.4) is 0 Å². The summed E-state index contributed by atoms with van der Waals surface area (Å²) in [7, 11) is 5.03. The van der Waals surface area contributed by atoms with Crippen LogP contribution in [0.1, 0.15) is 29.5 Å². The summed E-state index contributed by atoms with van der Waals surface area (Å²) in [4.78, 5) is 0. The molecule has 1 aliphatic rings. The maximum absolute atomic E-state index is 8.84. The molecule has 5 rings (SSSR count). The number of benzene rings is 3. The van der Waals surface area contributed by atoms with Crippen LogP contribution in [0.15, 0.2) is 60.8 Å². The number of aromatic nitrogens is 1. The second kappa shape index (κ2) is 10.8. The first kappa shape index (κ1) is 24.5. The molecule has 1 aromatic heterocycles.